The van der Waals surface area contributed by atoms with Crippen LogP contribution in [-0.4, -0.2) is 40.0 Å². The predicted octanol–water partition coefficient (Wildman–Crippen LogP) is 0.790. The lowest BCUT2D eigenvalue weighted by Crippen LogP contribution is -2.55. The number of hydrogen-bond acceptors (Lipinski definition) is 4. The van der Waals surface area contributed by atoms with E-state index in [-0.39, 0.29) is 11.8 Å². The molecule has 1 aliphatic heterocycles. The van der Waals surface area contributed by atoms with Gasteiger partial charge in [0, 0.05) is 13.0 Å². The Bertz CT molecular complexity index is 685. The lowest BCUT2D eigenvalue weighted by Gasteiger charge is -2.58. The summed E-state index contributed by atoms with van der Waals surface area (Å²) in [5.41, 5.74) is 4.26. The summed E-state index contributed by atoms with van der Waals surface area (Å²) in [6.45, 7) is 0.495. The Morgan fingerprint density at radius 3 is 2.44 bits per heavy atom. The van der Waals surface area contributed by atoms with Crippen molar-refractivity contribution in [1.82, 2.24) is 4.90 Å². The third-order valence-corrected chi connectivity index (χ3v) is 8.12. The lowest BCUT2D eigenvalue weighted by molar-refractivity contribution is -0.161. The van der Waals surface area contributed by atoms with Crippen molar-refractivity contribution in [2.75, 3.05) is 6.54 Å². The molecule has 5 unspecified atom stereocenters. The molecule has 6 heteroatoms. The third-order valence-electron chi connectivity index (χ3n) is 8.12. The quantitative estimate of drug-likeness (QED) is 0.790. The molecule has 5 atom stereocenters. The van der Waals surface area contributed by atoms with E-state index < -0.39 is 23.0 Å². The SMILES string of the molecule is N#CC1N(C(=O)CC2C3CC4CC2CC(O)(C4)C3)CC2CC21C(N)=O. The predicted molar refractivity (Wildman–Crippen MR) is 87.5 cm³/mol. The van der Waals surface area contributed by atoms with Gasteiger partial charge in [-0.05, 0) is 68.1 Å². The van der Waals surface area contributed by atoms with Gasteiger partial charge in [0.1, 0.15) is 6.04 Å². The second-order valence-corrected chi connectivity index (χ2v) is 9.45. The molecule has 6 nitrogen and oxygen atoms in total. The molecule has 0 aromatic rings. The lowest BCUT2D eigenvalue weighted by atomic mass is 9.49. The van der Waals surface area contributed by atoms with Gasteiger partial charge in [-0.2, -0.15) is 5.26 Å². The van der Waals surface area contributed by atoms with E-state index in [0.717, 1.165) is 32.1 Å². The van der Waals surface area contributed by atoms with Gasteiger partial charge in [-0.15, -0.1) is 0 Å². The fraction of sp³-hybridized carbons (Fsp3) is 0.842. The molecule has 0 spiro atoms. The zero-order valence-corrected chi connectivity index (χ0v) is 14.4. The standard InChI is InChI=1S/C19H25N3O3/c20-8-15-19(17(21)24)7-13(19)9-22(15)16(23)3-14-11-1-10-2-12(14)6-18(25,4-10)5-11/h10-15,25H,1-7,9H2,(H2,21,24). The van der Waals surface area contributed by atoms with Crippen molar-refractivity contribution in [2.45, 2.75) is 56.6 Å². The van der Waals surface area contributed by atoms with Crippen molar-refractivity contribution >= 4 is 11.8 Å². The fourth-order valence-electron chi connectivity index (χ4n) is 7.14. The molecule has 6 aliphatic rings. The molecule has 5 saturated carbocycles. The van der Waals surface area contributed by atoms with E-state index in [9.17, 15) is 20.0 Å². The van der Waals surface area contributed by atoms with E-state index in [1.54, 1.807) is 4.90 Å². The van der Waals surface area contributed by atoms with Crippen LogP contribution in [0.3, 0.4) is 0 Å². The molecule has 4 bridgehead atoms. The van der Waals surface area contributed by atoms with Crippen molar-refractivity contribution in [3.63, 3.8) is 0 Å². The number of hydrogen-bond donors (Lipinski definition) is 2. The Hall–Kier alpha value is -1.61. The number of amides is 2. The Balaban J connectivity index is 1.32. The first kappa shape index (κ1) is 15.6. The minimum absolute atomic E-state index is 0.00355. The molecule has 25 heavy (non-hydrogen) atoms. The highest BCUT2D eigenvalue weighted by atomic mass is 16.3. The number of fused-ring (bicyclic) bond motifs is 1. The summed E-state index contributed by atoms with van der Waals surface area (Å²) < 4.78 is 0. The number of nitrogens with zero attached hydrogens (tertiary/aromatic N) is 2. The van der Waals surface area contributed by atoms with Gasteiger partial charge in [0.15, 0.2) is 0 Å². The van der Waals surface area contributed by atoms with Gasteiger partial charge in [-0.25, -0.2) is 0 Å². The highest BCUT2D eigenvalue weighted by Crippen LogP contribution is 2.62. The first-order valence-corrected chi connectivity index (χ1v) is 9.58. The Morgan fingerprint density at radius 1 is 1.20 bits per heavy atom. The fourth-order valence-corrected chi connectivity index (χ4v) is 7.14. The second-order valence-electron chi connectivity index (χ2n) is 9.45. The van der Waals surface area contributed by atoms with Gasteiger partial charge >= 0.3 is 0 Å². The maximum atomic E-state index is 13.0. The molecule has 6 rings (SSSR count). The summed E-state index contributed by atoms with van der Waals surface area (Å²) in [6, 6.07) is 1.49. The molecule has 0 aromatic heterocycles. The highest BCUT2D eigenvalue weighted by molar-refractivity contribution is 5.89. The minimum Gasteiger partial charge on any atom is -0.390 e. The second kappa shape index (κ2) is 4.76. The van der Waals surface area contributed by atoms with E-state index in [0.29, 0.717) is 43.1 Å². The van der Waals surface area contributed by atoms with E-state index in [4.69, 9.17) is 5.73 Å². The van der Waals surface area contributed by atoms with Crippen molar-refractivity contribution < 1.29 is 14.7 Å². The van der Waals surface area contributed by atoms with Gasteiger partial charge < -0.3 is 15.7 Å². The molecule has 0 aromatic carbocycles. The van der Waals surface area contributed by atoms with Crippen LogP contribution in [-0.2, 0) is 9.59 Å². The van der Waals surface area contributed by atoms with Crippen LogP contribution in [0.5, 0.6) is 0 Å². The van der Waals surface area contributed by atoms with Gasteiger partial charge in [0.2, 0.25) is 11.8 Å². The van der Waals surface area contributed by atoms with Crippen LogP contribution in [0.15, 0.2) is 0 Å². The summed E-state index contributed by atoms with van der Waals surface area (Å²) in [6.07, 6.45) is 5.96. The van der Waals surface area contributed by atoms with Gasteiger partial charge in [-0.3, -0.25) is 9.59 Å². The smallest absolute Gasteiger partial charge is 0.227 e. The van der Waals surface area contributed by atoms with Crippen LogP contribution in [0.4, 0.5) is 0 Å². The van der Waals surface area contributed by atoms with E-state index in [1.807, 2.05) is 0 Å². The van der Waals surface area contributed by atoms with Crippen molar-refractivity contribution in [3.8, 4) is 6.07 Å². The van der Waals surface area contributed by atoms with Crippen LogP contribution >= 0.6 is 0 Å². The van der Waals surface area contributed by atoms with Crippen molar-refractivity contribution in [2.24, 2.45) is 40.7 Å². The maximum Gasteiger partial charge on any atom is 0.227 e. The van der Waals surface area contributed by atoms with Crippen molar-refractivity contribution in [1.29, 1.82) is 5.26 Å². The number of carbonyl (C=O) groups excluding carboxylic acids is 2. The summed E-state index contributed by atoms with van der Waals surface area (Å²) in [5, 5.41) is 20.2. The average Bonchev–Trinajstić information content (AvgIpc) is 3.16. The maximum absolute atomic E-state index is 13.0. The third kappa shape index (κ3) is 1.99. The molecule has 1 heterocycles. The van der Waals surface area contributed by atoms with Gasteiger partial charge in [0.05, 0.1) is 17.1 Å². The normalized spacial score (nSPS) is 51.9. The molecule has 1 saturated heterocycles. The van der Waals surface area contributed by atoms with Crippen LogP contribution in [0, 0.1) is 46.3 Å². The molecule has 3 N–H and O–H groups in total. The van der Waals surface area contributed by atoms with Crippen molar-refractivity contribution in [3.05, 3.63) is 0 Å². The summed E-state index contributed by atoms with van der Waals surface area (Å²) in [7, 11) is 0. The topological polar surface area (TPSA) is 107 Å². The zero-order chi connectivity index (χ0) is 17.6. The number of piperidine rings is 1. The number of nitrogens with two attached hydrogens (primary N) is 1. The van der Waals surface area contributed by atoms with E-state index in [1.165, 1.54) is 0 Å². The van der Waals surface area contributed by atoms with Gasteiger partial charge in [-0.1, -0.05) is 0 Å². The van der Waals surface area contributed by atoms with Crippen LogP contribution in [0.1, 0.15) is 44.9 Å². The summed E-state index contributed by atoms with van der Waals surface area (Å²) >= 11 is 0. The summed E-state index contributed by atoms with van der Waals surface area (Å²) in [5.74, 6) is 1.45. The van der Waals surface area contributed by atoms with E-state index in [2.05, 4.69) is 6.07 Å². The van der Waals surface area contributed by atoms with Gasteiger partial charge in [0.25, 0.3) is 0 Å². The Labute approximate surface area is 147 Å². The number of primary amides is 1. The number of likely N-dealkylation sites (tertiary alicyclic amines) is 1. The number of carbonyl (C=O) groups is 2. The van der Waals surface area contributed by atoms with Crippen LogP contribution < -0.4 is 5.73 Å². The zero-order valence-electron chi connectivity index (χ0n) is 14.4. The van der Waals surface area contributed by atoms with Crippen LogP contribution in [0.25, 0.3) is 0 Å². The molecular weight excluding hydrogens is 318 g/mol. The minimum atomic E-state index is -0.788. The number of nitriles is 1. The average molecular weight is 343 g/mol. The van der Waals surface area contributed by atoms with Crippen LogP contribution in [0.2, 0.25) is 0 Å². The monoisotopic (exact) mass is 343 g/mol. The first-order valence-electron chi connectivity index (χ1n) is 9.58. The molecule has 6 fully saturated rings. The molecule has 134 valence electrons. The largest absolute Gasteiger partial charge is 0.390 e. The number of aliphatic hydroxyl groups is 1. The molecular formula is C19H25N3O3. The van der Waals surface area contributed by atoms with E-state index >= 15 is 0 Å². The molecule has 2 amide bonds. The first-order chi connectivity index (χ1) is 11.9. The molecule has 5 aliphatic carbocycles. The number of rotatable bonds is 3. The summed E-state index contributed by atoms with van der Waals surface area (Å²) in [4.78, 5) is 26.4. The Morgan fingerprint density at radius 2 is 1.88 bits per heavy atom. The Kier molecular flexibility index (Phi) is 2.98. The highest BCUT2D eigenvalue weighted by Gasteiger charge is 2.71. The molecule has 0 radical (unpaired) electrons.